The van der Waals surface area contributed by atoms with Crippen LogP contribution in [0.3, 0.4) is 0 Å². The zero-order chi connectivity index (χ0) is 23.2. The summed E-state index contributed by atoms with van der Waals surface area (Å²) in [5, 5.41) is 0. The van der Waals surface area contributed by atoms with Gasteiger partial charge in [-0.2, -0.15) is 0 Å². The van der Waals surface area contributed by atoms with Crippen molar-refractivity contribution < 1.29 is 23.5 Å². The lowest BCUT2D eigenvalue weighted by Crippen LogP contribution is -2.18. The number of hydrogen-bond acceptors (Lipinski definition) is 6. The highest BCUT2D eigenvalue weighted by Crippen LogP contribution is 2.19. The normalized spacial score (nSPS) is 10.8. The highest BCUT2D eigenvalue weighted by Gasteiger charge is 2.14. The predicted octanol–water partition coefficient (Wildman–Crippen LogP) is 4.01. The van der Waals surface area contributed by atoms with Crippen molar-refractivity contribution in [3.05, 3.63) is 100 Å². The van der Waals surface area contributed by atoms with Crippen molar-refractivity contribution in [1.82, 2.24) is 4.57 Å². The zero-order valence-electron chi connectivity index (χ0n) is 18.2. The second-order valence-electron chi connectivity index (χ2n) is 7.47. The molecule has 0 aliphatic carbocycles. The first-order chi connectivity index (χ1) is 16.0. The van der Waals surface area contributed by atoms with Crippen LogP contribution in [-0.2, 0) is 22.5 Å². The van der Waals surface area contributed by atoms with Crippen molar-refractivity contribution in [2.75, 3.05) is 13.7 Å². The molecule has 7 heteroatoms. The topological polar surface area (TPSA) is 87.7 Å². The van der Waals surface area contributed by atoms with Crippen LogP contribution in [0.25, 0.3) is 11.1 Å². The predicted molar refractivity (Wildman–Crippen MR) is 123 cm³/mol. The number of hydrogen-bond donors (Lipinski definition) is 0. The summed E-state index contributed by atoms with van der Waals surface area (Å²) >= 11 is 0. The molecule has 0 atom stereocenters. The molecule has 168 valence electrons. The molecule has 0 bridgehead atoms. The molecule has 0 saturated carbocycles. The van der Waals surface area contributed by atoms with Gasteiger partial charge in [0.2, 0.25) is 0 Å². The van der Waals surface area contributed by atoms with Crippen LogP contribution in [-0.4, -0.2) is 30.0 Å². The standard InChI is InChI=1S/C26H23NO6/c1-31-24(28)14-9-18-7-11-21(12-8-18)32-16-15-27-22-13-10-20(17-23(22)33-26(27)30)25(29)19-5-3-2-4-6-19/h2-8,10-13,17H,9,14-16H2,1H3. The minimum Gasteiger partial charge on any atom is -0.492 e. The Labute approximate surface area is 190 Å². The lowest BCUT2D eigenvalue weighted by Gasteiger charge is -2.08. The number of carbonyl (C=O) groups excluding carboxylic acids is 2. The van der Waals surface area contributed by atoms with E-state index < -0.39 is 5.76 Å². The molecule has 0 radical (unpaired) electrons. The fourth-order valence-corrected chi connectivity index (χ4v) is 3.53. The number of aryl methyl sites for hydroxylation is 1. The van der Waals surface area contributed by atoms with Crippen molar-refractivity contribution in [3.63, 3.8) is 0 Å². The third-order valence-corrected chi connectivity index (χ3v) is 5.32. The molecule has 1 aromatic heterocycles. The first-order valence-corrected chi connectivity index (χ1v) is 10.6. The first kappa shape index (κ1) is 22.1. The highest BCUT2D eigenvalue weighted by molar-refractivity contribution is 6.10. The largest absolute Gasteiger partial charge is 0.492 e. The Hall–Kier alpha value is -4.13. The number of aromatic nitrogens is 1. The maximum Gasteiger partial charge on any atom is 0.420 e. The van der Waals surface area contributed by atoms with Gasteiger partial charge < -0.3 is 13.9 Å². The van der Waals surface area contributed by atoms with E-state index in [0.29, 0.717) is 47.4 Å². The maximum absolute atomic E-state index is 12.7. The van der Waals surface area contributed by atoms with Crippen molar-refractivity contribution in [1.29, 1.82) is 0 Å². The maximum atomic E-state index is 12.7. The number of benzene rings is 3. The van der Waals surface area contributed by atoms with Crippen molar-refractivity contribution in [3.8, 4) is 5.75 Å². The molecule has 0 spiro atoms. The number of methoxy groups -OCH3 is 1. The van der Waals surface area contributed by atoms with Crippen molar-refractivity contribution >= 4 is 22.9 Å². The number of ketones is 1. The Bertz CT molecular complexity index is 1320. The van der Waals surface area contributed by atoms with Crippen LogP contribution in [0.5, 0.6) is 5.75 Å². The van der Waals surface area contributed by atoms with E-state index in [-0.39, 0.29) is 18.4 Å². The quantitative estimate of drug-likeness (QED) is 0.286. The molecule has 0 unspecified atom stereocenters. The SMILES string of the molecule is COC(=O)CCc1ccc(OCCn2c(=O)oc3cc(C(=O)c4ccccc4)ccc32)cc1. The van der Waals surface area contributed by atoms with Gasteiger partial charge in [0.25, 0.3) is 0 Å². The van der Waals surface area contributed by atoms with Crippen LogP contribution in [0.1, 0.15) is 27.9 Å². The highest BCUT2D eigenvalue weighted by atomic mass is 16.5. The van der Waals surface area contributed by atoms with Gasteiger partial charge in [-0.1, -0.05) is 42.5 Å². The zero-order valence-corrected chi connectivity index (χ0v) is 18.2. The molecular weight excluding hydrogens is 422 g/mol. The summed E-state index contributed by atoms with van der Waals surface area (Å²) in [5.41, 5.74) is 3.00. The van der Waals surface area contributed by atoms with E-state index >= 15 is 0 Å². The lowest BCUT2D eigenvalue weighted by atomic mass is 10.0. The minimum atomic E-state index is -0.504. The van der Waals surface area contributed by atoms with Gasteiger partial charge in [0, 0.05) is 17.5 Å². The third kappa shape index (κ3) is 5.20. The molecule has 0 N–H and O–H groups in total. The van der Waals surface area contributed by atoms with E-state index in [2.05, 4.69) is 4.74 Å². The molecule has 0 amide bonds. The van der Waals surface area contributed by atoms with Crippen LogP contribution >= 0.6 is 0 Å². The average molecular weight is 445 g/mol. The number of esters is 1. The number of rotatable bonds is 9. The molecule has 0 aliphatic heterocycles. The fourth-order valence-electron chi connectivity index (χ4n) is 3.53. The number of ether oxygens (including phenoxy) is 2. The molecule has 1 heterocycles. The van der Waals surface area contributed by atoms with Gasteiger partial charge in [0.15, 0.2) is 11.4 Å². The van der Waals surface area contributed by atoms with E-state index in [0.717, 1.165) is 5.56 Å². The second-order valence-corrected chi connectivity index (χ2v) is 7.47. The summed E-state index contributed by atoms with van der Waals surface area (Å²) in [6.45, 7) is 0.558. The first-order valence-electron chi connectivity index (χ1n) is 10.6. The van der Waals surface area contributed by atoms with Gasteiger partial charge in [-0.25, -0.2) is 4.79 Å². The summed E-state index contributed by atoms with van der Waals surface area (Å²) < 4.78 is 17.2. The van der Waals surface area contributed by atoms with E-state index in [9.17, 15) is 14.4 Å². The number of nitrogens with zero attached hydrogens (tertiary/aromatic N) is 1. The number of fused-ring (bicyclic) bond motifs is 1. The fraction of sp³-hybridized carbons (Fsp3) is 0.192. The monoisotopic (exact) mass is 445 g/mol. The van der Waals surface area contributed by atoms with E-state index in [1.165, 1.54) is 11.7 Å². The summed E-state index contributed by atoms with van der Waals surface area (Å²) in [6, 6.07) is 21.4. The van der Waals surface area contributed by atoms with Crippen LogP contribution in [0, 0.1) is 0 Å². The van der Waals surface area contributed by atoms with Gasteiger partial charge in [0.05, 0.1) is 19.2 Å². The van der Waals surface area contributed by atoms with E-state index in [1.807, 2.05) is 30.3 Å². The van der Waals surface area contributed by atoms with E-state index in [4.69, 9.17) is 9.15 Å². The Balaban J connectivity index is 1.40. The number of oxazole rings is 1. The third-order valence-electron chi connectivity index (χ3n) is 5.32. The van der Waals surface area contributed by atoms with Gasteiger partial charge in [-0.05, 0) is 42.3 Å². The molecule has 0 saturated heterocycles. The smallest absolute Gasteiger partial charge is 0.420 e. The summed E-state index contributed by atoms with van der Waals surface area (Å²) in [5.74, 6) is -0.222. The molecule has 4 rings (SSSR count). The van der Waals surface area contributed by atoms with Crippen LogP contribution in [0.2, 0.25) is 0 Å². The Morgan fingerprint density at radius 2 is 1.70 bits per heavy atom. The second kappa shape index (κ2) is 9.99. The van der Waals surface area contributed by atoms with Gasteiger partial charge in [-0.15, -0.1) is 0 Å². The molecule has 0 fully saturated rings. The van der Waals surface area contributed by atoms with Crippen LogP contribution in [0.4, 0.5) is 0 Å². The summed E-state index contributed by atoms with van der Waals surface area (Å²) in [4.78, 5) is 36.2. The van der Waals surface area contributed by atoms with Gasteiger partial charge in [0.1, 0.15) is 12.4 Å². The molecule has 3 aromatic carbocycles. The molecule has 4 aromatic rings. The Morgan fingerprint density at radius 1 is 0.939 bits per heavy atom. The van der Waals surface area contributed by atoms with Crippen molar-refractivity contribution in [2.45, 2.75) is 19.4 Å². The Morgan fingerprint density at radius 3 is 2.42 bits per heavy atom. The molecular formula is C26H23NO6. The van der Waals surface area contributed by atoms with Crippen LogP contribution < -0.4 is 10.5 Å². The van der Waals surface area contributed by atoms with Gasteiger partial charge in [-0.3, -0.25) is 14.2 Å². The molecule has 7 nitrogen and oxygen atoms in total. The van der Waals surface area contributed by atoms with Crippen molar-refractivity contribution in [2.24, 2.45) is 0 Å². The average Bonchev–Trinajstić information content (AvgIpc) is 3.17. The Kier molecular flexibility index (Phi) is 6.69. The summed E-state index contributed by atoms with van der Waals surface area (Å²) in [7, 11) is 1.37. The van der Waals surface area contributed by atoms with Crippen LogP contribution in [0.15, 0.2) is 82.0 Å². The molecule has 33 heavy (non-hydrogen) atoms. The van der Waals surface area contributed by atoms with E-state index in [1.54, 1.807) is 42.5 Å². The number of carbonyl (C=O) groups is 2. The minimum absolute atomic E-state index is 0.133. The van der Waals surface area contributed by atoms with Gasteiger partial charge >= 0.3 is 11.7 Å². The lowest BCUT2D eigenvalue weighted by molar-refractivity contribution is -0.140. The summed E-state index contributed by atoms with van der Waals surface area (Å²) in [6.07, 6.45) is 0.921. The molecule has 0 aliphatic rings.